The molecule has 0 atom stereocenters. The molecule has 3 aromatic rings. The fourth-order valence-electron chi connectivity index (χ4n) is 3.11. The molecule has 1 aliphatic heterocycles. The van der Waals surface area contributed by atoms with E-state index in [1.54, 1.807) is 24.4 Å². The predicted molar refractivity (Wildman–Crippen MR) is 118 cm³/mol. The van der Waals surface area contributed by atoms with E-state index in [0.717, 1.165) is 31.5 Å². The van der Waals surface area contributed by atoms with E-state index in [4.69, 9.17) is 11.6 Å². The highest BCUT2D eigenvalue weighted by atomic mass is 35.5. The van der Waals surface area contributed by atoms with Crippen LogP contribution in [0.25, 0.3) is 0 Å². The van der Waals surface area contributed by atoms with Crippen molar-refractivity contribution in [1.29, 1.82) is 0 Å². The highest BCUT2D eigenvalue weighted by Crippen LogP contribution is 2.21. The maximum Gasteiger partial charge on any atom is 0.250 e. The second-order valence-corrected chi connectivity index (χ2v) is 7.26. The largest absolute Gasteiger partial charge is 0.341 e. The van der Waals surface area contributed by atoms with Crippen LogP contribution in [0.2, 0.25) is 5.02 Å². The maximum atomic E-state index is 13.2. The van der Waals surface area contributed by atoms with E-state index in [1.165, 1.54) is 18.6 Å². The number of rotatable bonds is 6. The van der Waals surface area contributed by atoms with Crippen LogP contribution in [0.3, 0.4) is 0 Å². The lowest BCUT2D eigenvalue weighted by atomic mass is 10.1. The van der Waals surface area contributed by atoms with Crippen molar-refractivity contribution in [2.24, 2.45) is 5.10 Å². The van der Waals surface area contributed by atoms with Gasteiger partial charge in [-0.1, -0.05) is 29.8 Å². The summed E-state index contributed by atoms with van der Waals surface area (Å²) in [5.74, 6) is 0.928. The van der Waals surface area contributed by atoms with Crippen molar-refractivity contribution >= 4 is 41.3 Å². The van der Waals surface area contributed by atoms with E-state index in [-0.39, 0.29) is 5.82 Å². The Morgan fingerprint density at radius 3 is 2.43 bits per heavy atom. The van der Waals surface area contributed by atoms with Crippen LogP contribution >= 0.6 is 11.6 Å². The lowest BCUT2D eigenvalue weighted by molar-refractivity contribution is 0.568. The summed E-state index contributed by atoms with van der Waals surface area (Å²) in [5.41, 5.74) is 4.31. The smallest absolute Gasteiger partial charge is 0.250 e. The average Bonchev–Trinajstić information content (AvgIpc) is 2.77. The lowest BCUT2D eigenvalue weighted by Crippen LogP contribution is -2.31. The third-order valence-corrected chi connectivity index (χ3v) is 4.98. The molecule has 2 N–H and O–H groups in total. The molecule has 0 aliphatic carbocycles. The first-order valence-electron chi connectivity index (χ1n) is 9.74. The van der Waals surface area contributed by atoms with Crippen LogP contribution in [0.4, 0.5) is 27.9 Å². The van der Waals surface area contributed by atoms with Gasteiger partial charge in [0.1, 0.15) is 5.82 Å². The van der Waals surface area contributed by atoms with Gasteiger partial charge in [0.2, 0.25) is 17.8 Å². The van der Waals surface area contributed by atoms with Gasteiger partial charge in [-0.05, 0) is 49.6 Å². The van der Waals surface area contributed by atoms with Gasteiger partial charge in [-0.3, -0.25) is 0 Å². The lowest BCUT2D eigenvalue weighted by Gasteiger charge is -2.26. The molecule has 1 saturated heterocycles. The standard InChI is InChI=1S/C21H21ClFN7/c22-18-7-3-2-6-15(18)14-24-29-20-26-19(25-17-10-8-16(23)9-11-17)27-21(28-20)30-12-4-1-5-13-30/h2-3,6-11,14H,1,4-5,12-13H2,(H2,25,26,27,28,29)/b24-14+. The van der Waals surface area contributed by atoms with Crippen molar-refractivity contribution in [2.75, 3.05) is 28.7 Å². The van der Waals surface area contributed by atoms with Crippen molar-refractivity contribution in [3.8, 4) is 0 Å². The molecule has 0 radical (unpaired) electrons. The summed E-state index contributed by atoms with van der Waals surface area (Å²) in [4.78, 5) is 15.6. The number of anilines is 4. The van der Waals surface area contributed by atoms with E-state index in [0.29, 0.717) is 28.6 Å². The van der Waals surface area contributed by atoms with E-state index in [2.05, 4.69) is 35.7 Å². The molecule has 0 saturated carbocycles. The van der Waals surface area contributed by atoms with Crippen molar-refractivity contribution in [3.05, 3.63) is 64.9 Å². The van der Waals surface area contributed by atoms with Gasteiger partial charge in [-0.25, -0.2) is 9.82 Å². The number of nitrogens with one attached hydrogen (secondary N) is 2. The summed E-state index contributed by atoms with van der Waals surface area (Å²) in [6, 6.07) is 13.4. The summed E-state index contributed by atoms with van der Waals surface area (Å²) in [7, 11) is 0. The van der Waals surface area contributed by atoms with Gasteiger partial charge in [-0.2, -0.15) is 20.1 Å². The number of aromatic nitrogens is 3. The molecule has 7 nitrogen and oxygen atoms in total. The molecular weight excluding hydrogens is 405 g/mol. The van der Waals surface area contributed by atoms with E-state index >= 15 is 0 Å². The monoisotopic (exact) mass is 425 g/mol. The van der Waals surface area contributed by atoms with Gasteiger partial charge < -0.3 is 10.2 Å². The quantitative estimate of drug-likeness (QED) is 0.434. The third kappa shape index (κ3) is 5.21. The molecule has 0 unspecified atom stereocenters. The Balaban J connectivity index is 1.57. The molecule has 154 valence electrons. The van der Waals surface area contributed by atoms with Gasteiger partial charge in [0.15, 0.2) is 0 Å². The molecule has 30 heavy (non-hydrogen) atoms. The second-order valence-electron chi connectivity index (χ2n) is 6.85. The molecule has 1 aromatic heterocycles. The van der Waals surface area contributed by atoms with Crippen LogP contribution in [0.5, 0.6) is 0 Å². The first-order valence-corrected chi connectivity index (χ1v) is 10.1. The van der Waals surface area contributed by atoms with Crippen LogP contribution in [0.1, 0.15) is 24.8 Å². The van der Waals surface area contributed by atoms with E-state index < -0.39 is 0 Å². The van der Waals surface area contributed by atoms with Crippen molar-refractivity contribution in [1.82, 2.24) is 15.0 Å². The number of hydrogen-bond acceptors (Lipinski definition) is 7. The van der Waals surface area contributed by atoms with Crippen LogP contribution in [0.15, 0.2) is 53.6 Å². The zero-order chi connectivity index (χ0) is 20.8. The minimum absolute atomic E-state index is 0.304. The molecule has 4 rings (SSSR count). The van der Waals surface area contributed by atoms with Crippen molar-refractivity contribution < 1.29 is 4.39 Å². The first kappa shape index (κ1) is 20.0. The van der Waals surface area contributed by atoms with Crippen molar-refractivity contribution in [2.45, 2.75) is 19.3 Å². The van der Waals surface area contributed by atoms with Crippen LogP contribution in [0, 0.1) is 5.82 Å². The Hall–Kier alpha value is -3.26. The molecule has 2 heterocycles. The normalized spacial score (nSPS) is 14.1. The van der Waals surface area contributed by atoms with Gasteiger partial charge in [0, 0.05) is 29.4 Å². The predicted octanol–water partition coefficient (Wildman–Crippen LogP) is 4.84. The van der Waals surface area contributed by atoms with Crippen LogP contribution in [-0.4, -0.2) is 34.3 Å². The average molecular weight is 426 g/mol. The summed E-state index contributed by atoms with van der Waals surface area (Å²) < 4.78 is 13.2. The van der Waals surface area contributed by atoms with Crippen molar-refractivity contribution in [3.63, 3.8) is 0 Å². The number of hydrazone groups is 1. The Bertz CT molecular complexity index is 1020. The second kappa shape index (κ2) is 9.49. The molecule has 2 aromatic carbocycles. The fraction of sp³-hybridized carbons (Fsp3) is 0.238. The SMILES string of the molecule is Fc1ccc(Nc2nc(N/N=C/c3ccccc3Cl)nc(N3CCCCC3)n2)cc1. The Morgan fingerprint density at radius 1 is 0.933 bits per heavy atom. The Kier molecular flexibility index (Phi) is 6.34. The molecule has 0 bridgehead atoms. The number of halogens is 2. The van der Waals surface area contributed by atoms with Gasteiger partial charge in [0.05, 0.1) is 6.21 Å². The van der Waals surface area contributed by atoms with Gasteiger partial charge in [-0.15, -0.1) is 0 Å². The third-order valence-electron chi connectivity index (χ3n) is 4.64. The minimum Gasteiger partial charge on any atom is -0.341 e. The van der Waals surface area contributed by atoms with E-state index in [1.807, 2.05) is 18.2 Å². The highest BCUT2D eigenvalue weighted by molar-refractivity contribution is 6.33. The summed E-state index contributed by atoms with van der Waals surface area (Å²) in [5, 5.41) is 7.91. The molecule has 1 aliphatic rings. The Labute approximate surface area is 179 Å². The summed E-state index contributed by atoms with van der Waals surface area (Å²) in [6.07, 6.45) is 5.01. The number of nitrogens with zero attached hydrogens (tertiary/aromatic N) is 5. The molecule has 1 fully saturated rings. The highest BCUT2D eigenvalue weighted by Gasteiger charge is 2.16. The molecule has 0 spiro atoms. The number of hydrogen-bond donors (Lipinski definition) is 2. The molecular formula is C21H21ClFN7. The van der Waals surface area contributed by atoms with E-state index in [9.17, 15) is 4.39 Å². The van der Waals surface area contributed by atoms with Gasteiger partial charge >= 0.3 is 0 Å². The Morgan fingerprint density at radius 2 is 1.67 bits per heavy atom. The molecule has 0 amide bonds. The summed E-state index contributed by atoms with van der Waals surface area (Å²) in [6.45, 7) is 1.78. The van der Waals surface area contributed by atoms with Gasteiger partial charge in [0.25, 0.3) is 0 Å². The minimum atomic E-state index is -0.304. The summed E-state index contributed by atoms with van der Waals surface area (Å²) >= 11 is 6.16. The van der Waals surface area contributed by atoms with Crippen LogP contribution in [-0.2, 0) is 0 Å². The first-order chi connectivity index (χ1) is 14.7. The van der Waals surface area contributed by atoms with Crippen LogP contribution < -0.4 is 15.6 Å². The zero-order valence-electron chi connectivity index (χ0n) is 16.2. The number of benzene rings is 2. The topological polar surface area (TPSA) is 78.3 Å². The molecule has 9 heteroatoms. The zero-order valence-corrected chi connectivity index (χ0v) is 17.0. The fourth-order valence-corrected chi connectivity index (χ4v) is 3.29. The maximum absolute atomic E-state index is 13.2. The number of piperidine rings is 1.